The number of nitrogens with one attached hydrogen (secondary N) is 3. The summed E-state index contributed by atoms with van der Waals surface area (Å²) < 4.78 is 0.793. The number of benzene rings is 1. The molecule has 1 heterocycles. The lowest BCUT2D eigenvalue weighted by molar-refractivity contribution is 0.954. The van der Waals surface area contributed by atoms with E-state index in [0.29, 0.717) is 24.2 Å². The van der Waals surface area contributed by atoms with E-state index in [-0.39, 0.29) is 0 Å². The van der Waals surface area contributed by atoms with Gasteiger partial charge in [0.2, 0.25) is 5.95 Å². The van der Waals surface area contributed by atoms with Crippen LogP contribution in [0.4, 0.5) is 11.8 Å². The zero-order valence-electron chi connectivity index (χ0n) is 15.2. The first-order valence-corrected chi connectivity index (χ1v) is 10.1. The van der Waals surface area contributed by atoms with E-state index in [1.807, 2.05) is 31.3 Å². The molecular weight excluding hydrogens is 426 g/mol. The minimum Gasteiger partial charge on any atom is -0.375 e. The van der Waals surface area contributed by atoms with Crippen LogP contribution < -0.4 is 16.0 Å². The van der Waals surface area contributed by atoms with Crippen LogP contribution in [0.2, 0.25) is 5.02 Å². The summed E-state index contributed by atoms with van der Waals surface area (Å²) in [7, 11) is 1.87. The minimum absolute atomic E-state index is 0.569. The lowest BCUT2D eigenvalue weighted by atomic mass is 10.1. The zero-order valence-corrected chi connectivity index (χ0v) is 17.6. The Hall–Kier alpha value is -2.05. The monoisotopic (exact) mass is 447 g/mol. The first kappa shape index (κ1) is 19.7. The Morgan fingerprint density at radius 1 is 1.41 bits per heavy atom. The van der Waals surface area contributed by atoms with E-state index in [4.69, 9.17) is 11.6 Å². The number of aromatic nitrogens is 2. The van der Waals surface area contributed by atoms with Crippen LogP contribution in [0.5, 0.6) is 0 Å². The molecule has 3 rings (SSSR count). The first-order valence-electron chi connectivity index (χ1n) is 8.91. The Morgan fingerprint density at radius 3 is 2.93 bits per heavy atom. The molecule has 1 saturated carbocycles. The van der Waals surface area contributed by atoms with Crippen molar-refractivity contribution in [3.63, 3.8) is 0 Å². The number of nitrogens with zero attached hydrogens (tertiary/aromatic N) is 2. The highest BCUT2D eigenvalue weighted by Crippen LogP contribution is 2.36. The highest BCUT2D eigenvalue weighted by atomic mass is 79.9. The normalized spacial score (nSPS) is 14.0. The Kier molecular flexibility index (Phi) is 6.74. The largest absolute Gasteiger partial charge is 0.375 e. The average Bonchev–Trinajstić information content (AvgIpc) is 3.49. The molecule has 3 N–H and O–H groups in total. The number of allylic oxidation sites excluding steroid dienone is 2. The second-order valence-corrected chi connectivity index (χ2v) is 7.77. The highest BCUT2D eigenvalue weighted by Gasteiger charge is 2.23. The van der Waals surface area contributed by atoms with E-state index in [2.05, 4.69) is 54.5 Å². The van der Waals surface area contributed by atoms with Gasteiger partial charge >= 0.3 is 0 Å². The Bertz CT molecular complexity index is 848. The van der Waals surface area contributed by atoms with Crippen LogP contribution in [0.15, 0.2) is 59.0 Å². The summed E-state index contributed by atoms with van der Waals surface area (Å²) in [5, 5.41) is 10.5. The number of hydrogen-bond acceptors (Lipinski definition) is 5. The molecule has 142 valence electrons. The van der Waals surface area contributed by atoms with Crippen LogP contribution in [0, 0.1) is 5.92 Å². The molecule has 1 aliphatic rings. The lowest BCUT2D eigenvalue weighted by Gasteiger charge is -2.13. The van der Waals surface area contributed by atoms with Gasteiger partial charge in [-0.25, -0.2) is 4.98 Å². The van der Waals surface area contributed by atoms with E-state index in [9.17, 15) is 0 Å². The molecule has 2 aromatic rings. The van der Waals surface area contributed by atoms with Gasteiger partial charge in [-0.15, -0.1) is 0 Å². The highest BCUT2D eigenvalue weighted by molar-refractivity contribution is 9.10. The third-order valence-electron chi connectivity index (χ3n) is 4.28. The summed E-state index contributed by atoms with van der Waals surface area (Å²) in [6, 6.07) is 7.85. The van der Waals surface area contributed by atoms with Crippen LogP contribution in [-0.4, -0.2) is 23.6 Å². The van der Waals surface area contributed by atoms with Gasteiger partial charge in [-0.05, 0) is 70.5 Å². The van der Waals surface area contributed by atoms with Gasteiger partial charge < -0.3 is 16.0 Å². The fourth-order valence-electron chi connectivity index (χ4n) is 2.61. The number of anilines is 2. The quantitative estimate of drug-likeness (QED) is 0.472. The molecule has 1 aliphatic carbocycles. The van der Waals surface area contributed by atoms with E-state index in [1.54, 1.807) is 6.20 Å². The van der Waals surface area contributed by atoms with Gasteiger partial charge in [-0.3, -0.25) is 0 Å². The van der Waals surface area contributed by atoms with Crippen molar-refractivity contribution in [1.29, 1.82) is 0 Å². The molecule has 7 heteroatoms. The third kappa shape index (κ3) is 5.97. The predicted octanol–water partition coefficient (Wildman–Crippen LogP) is 4.99. The van der Waals surface area contributed by atoms with E-state index < -0.39 is 0 Å². The molecular formula is C20H23BrClN5. The van der Waals surface area contributed by atoms with Crippen LogP contribution >= 0.6 is 27.5 Å². The molecule has 27 heavy (non-hydrogen) atoms. The van der Waals surface area contributed by atoms with Gasteiger partial charge in [0.05, 0.1) is 4.47 Å². The molecule has 1 aromatic heterocycles. The Balaban J connectivity index is 1.62. The summed E-state index contributed by atoms with van der Waals surface area (Å²) in [6.07, 6.45) is 7.07. The van der Waals surface area contributed by atoms with Gasteiger partial charge in [0.1, 0.15) is 5.82 Å². The maximum atomic E-state index is 6.02. The summed E-state index contributed by atoms with van der Waals surface area (Å²) in [6.45, 7) is 4.86. The van der Waals surface area contributed by atoms with Crippen molar-refractivity contribution >= 4 is 39.3 Å². The van der Waals surface area contributed by atoms with Crippen molar-refractivity contribution in [3.05, 3.63) is 69.6 Å². The standard InChI is InChI=1S/C20H23BrClN5/c1-13(15-6-7-15)10-18(23-2)26-19-17(21)12-25-20(27-19)24-9-8-14-4-3-5-16(22)11-14/h3-5,10-12,15,23H,1,6-9H2,2H3,(H2,24,25,26,27)/b18-10+. The fraction of sp³-hybridized carbons (Fsp3) is 0.300. The zero-order chi connectivity index (χ0) is 19.2. The third-order valence-corrected chi connectivity index (χ3v) is 5.10. The lowest BCUT2D eigenvalue weighted by Crippen LogP contribution is -2.17. The van der Waals surface area contributed by atoms with E-state index in [0.717, 1.165) is 27.3 Å². The Labute approximate surface area is 173 Å². The molecule has 1 fully saturated rings. The van der Waals surface area contributed by atoms with Crippen LogP contribution in [0.3, 0.4) is 0 Å². The van der Waals surface area contributed by atoms with Crippen molar-refractivity contribution in [3.8, 4) is 0 Å². The van der Waals surface area contributed by atoms with Gasteiger partial charge in [-0.1, -0.05) is 30.3 Å². The molecule has 1 aromatic carbocycles. The second-order valence-electron chi connectivity index (χ2n) is 6.48. The maximum Gasteiger partial charge on any atom is 0.224 e. The van der Waals surface area contributed by atoms with Crippen LogP contribution in [0.1, 0.15) is 18.4 Å². The van der Waals surface area contributed by atoms with Crippen molar-refractivity contribution in [1.82, 2.24) is 15.3 Å². The van der Waals surface area contributed by atoms with Crippen molar-refractivity contribution in [2.75, 3.05) is 24.2 Å². The second kappa shape index (κ2) is 9.24. The topological polar surface area (TPSA) is 61.9 Å². The van der Waals surface area contributed by atoms with E-state index >= 15 is 0 Å². The van der Waals surface area contributed by atoms with Gasteiger partial charge in [-0.2, -0.15) is 4.98 Å². The SMILES string of the molecule is C=C(/C=C(\NC)Nc1nc(NCCc2cccc(Cl)c2)ncc1Br)C1CC1. The number of rotatable bonds is 9. The molecule has 0 amide bonds. The van der Waals surface area contributed by atoms with Crippen molar-refractivity contribution < 1.29 is 0 Å². The fourth-order valence-corrected chi connectivity index (χ4v) is 3.11. The summed E-state index contributed by atoms with van der Waals surface area (Å²) in [4.78, 5) is 8.89. The molecule has 0 bridgehead atoms. The first-order chi connectivity index (χ1) is 13.0. The van der Waals surface area contributed by atoms with Crippen molar-refractivity contribution in [2.24, 2.45) is 5.92 Å². The molecule has 0 saturated heterocycles. The molecule has 0 aliphatic heterocycles. The van der Waals surface area contributed by atoms with Gasteiger partial charge in [0.15, 0.2) is 5.82 Å². The van der Waals surface area contributed by atoms with Gasteiger partial charge in [0, 0.05) is 24.8 Å². The molecule has 0 unspecified atom stereocenters. The average molecular weight is 449 g/mol. The van der Waals surface area contributed by atoms with Crippen LogP contribution in [0.25, 0.3) is 0 Å². The summed E-state index contributed by atoms with van der Waals surface area (Å²) in [5.41, 5.74) is 2.31. The van der Waals surface area contributed by atoms with Gasteiger partial charge in [0.25, 0.3) is 0 Å². The summed E-state index contributed by atoms with van der Waals surface area (Å²) in [5.74, 6) is 2.74. The van der Waals surface area contributed by atoms with Crippen molar-refractivity contribution in [2.45, 2.75) is 19.3 Å². The molecule has 0 spiro atoms. The molecule has 5 nitrogen and oxygen atoms in total. The van der Waals surface area contributed by atoms with E-state index in [1.165, 1.54) is 18.4 Å². The predicted molar refractivity (Wildman–Crippen MR) is 116 cm³/mol. The number of hydrogen-bond donors (Lipinski definition) is 3. The maximum absolute atomic E-state index is 6.02. The van der Waals surface area contributed by atoms with Crippen LogP contribution in [-0.2, 0) is 6.42 Å². The minimum atomic E-state index is 0.569. The Morgan fingerprint density at radius 2 is 2.22 bits per heavy atom. The number of halogens is 2. The smallest absolute Gasteiger partial charge is 0.224 e. The molecule has 0 radical (unpaired) electrons. The molecule has 0 atom stereocenters. The summed E-state index contributed by atoms with van der Waals surface area (Å²) >= 11 is 9.53.